The predicted molar refractivity (Wildman–Crippen MR) is 58.9 cm³/mol. The number of aryl methyl sites for hydroxylation is 3. The highest BCUT2D eigenvalue weighted by molar-refractivity contribution is 7.17. The van der Waals surface area contributed by atoms with Crippen LogP contribution in [0.25, 0.3) is 4.96 Å². The molecule has 0 spiro atoms. The zero-order valence-electron chi connectivity index (χ0n) is 8.87. The smallest absolute Gasteiger partial charge is 0.356 e. The van der Waals surface area contributed by atoms with Crippen molar-refractivity contribution in [3.63, 3.8) is 0 Å². The molecule has 0 fully saturated rings. The minimum absolute atomic E-state index is 0.159. The monoisotopic (exact) mass is 224 g/mol. The third kappa shape index (κ3) is 1.34. The van der Waals surface area contributed by atoms with Crippen molar-refractivity contribution in [1.29, 1.82) is 0 Å². The van der Waals surface area contributed by atoms with Crippen molar-refractivity contribution in [3.8, 4) is 0 Å². The maximum Gasteiger partial charge on any atom is 0.356 e. The van der Waals surface area contributed by atoms with E-state index in [0.717, 1.165) is 17.1 Å². The molecule has 0 saturated heterocycles. The summed E-state index contributed by atoms with van der Waals surface area (Å²) in [5.41, 5.74) is 1.98. The second-order valence-corrected chi connectivity index (χ2v) is 4.50. The van der Waals surface area contributed by atoms with Crippen molar-refractivity contribution in [2.24, 2.45) is 0 Å². The summed E-state index contributed by atoms with van der Waals surface area (Å²) in [5.74, 6) is -0.958. The number of aromatic carboxylic acids is 1. The van der Waals surface area contributed by atoms with Gasteiger partial charge in [0.25, 0.3) is 0 Å². The molecule has 2 rings (SSSR count). The Hall–Kier alpha value is -1.36. The van der Waals surface area contributed by atoms with Gasteiger partial charge in [0, 0.05) is 10.6 Å². The molecule has 15 heavy (non-hydrogen) atoms. The first-order valence-electron chi connectivity index (χ1n) is 4.76. The summed E-state index contributed by atoms with van der Waals surface area (Å²) in [6.45, 7) is 5.89. The van der Waals surface area contributed by atoms with E-state index in [0.29, 0.717) is 5.69 Å². The summed E-state index contributed by atoms with van der Waals surface area (Å²) in [7, 11) is 0. The summed E-state index contributed by atoms with van der Waals surface area (Å²) >= 11 is 1.56. The van der Waals surface area contributed by atoms with E-state index >= 15 is 0 Å². The first kappa shape index (κ1) is 10.2. The number of thiazole rings is 1. The molecule has 5 heteroatoms. The first-order chi connectivity index (χ1) is 7.06. The fraction of sp³-hybridized carbons (Fsp3) is 0.400. The second kappa shape index (κ2) is 3.34. The summed E-state index contributed by atoms with van der Waals surface area (Å²) in [6, 6.07) is 0. The molecule has 80 valence electrons. The van der Waals surface area contributed by atoms with Crippen LogP contribution in [0.4, 0.5) is 0 Å². The van der Waals surface area contributed by atoms with Gasteiger partial charge in [0.1, 0.15) is 0 Å². The standard InChI is InChI=1S/C10H12N2O2S/c1-4-7-5(2)12-6(3)8(9(13)14)11-10(12)15-7/h4H2,1-3H3,(H,13,14). The maximum atomic E-state index is 10.9. The summed E-state index contributed by atoms with van der Waals surface area (Å²) in [4.78, 5) is 17.0. The van der Waals surface area contributed by atoms with Gasteiger partial charge in [0.15, 0.2) is 10.7 Å². The number of hydrogen-bond acceptors (Lipinski definition) is 3. The Bertz CT molecular complexity index is 539. The van der Waals surface area contributed by atoms with E-state index in [1.807, 2.05) is 11.3 Å². The van der Waals surface area contributed by atoms with E-state index in [-0.39, 0.29) is 5.69 Å². The van der Waals surface area contributed by atoms with Crippen molar-refractivity contribution in [1.82, 2.24) is 9.38 Å². The highest BCUT2D eigenvalue weighted by atomic mass is 32.1. The molecular weight excluding hydrogens is 212 g/mol. The minimum atomic E-state index is -0.958. The van der Waals surface area contributed by atoms with Gasteiger partial charge in [0.2, 0.25) is 0 Å². The zero-order chi connectivity index (χ0) is 11.2. The molecule has 2 heterocycles. The van der Waals surface area contributed by atoms with Crippen LogP contribution in [-0.4, -0.2) is 20.5 Å². The van der Waals surface area contributed by atoms with Gasteiger partial charge in [-0.2, -0.15) is 0 Å². The third-order valence-electron chi connectivity index (χ3n) is 2.55. The molecule has 0 aliphatic carbocycles. The number of aromatic nitrogens is 2. The van der Waals surface area contributed by atoms with Crippen molar-refractivity contribution >= 4 is 22.3 Å². The number of carboxylic acids is 1. The van der Waals surface area contributed by atoms with Gasteiger partial charge in [-0.15, -0.1) is 11.3 Å². The lowest BCUT2D eigenvalue weighted by Crippen LogP contribution is -2.00. The molecule has 0 atom stereocenters. The van der Waals surface area contributed by atoms with Gasteiger partial charge in [0.05, 0.1) is 5.69 Å². The normalized spacial score (nSPS) is 11.1. The average molecular weight is 224 g/mol. The van der Waals surface area contributed by atoms with Crippen LogP contribution in [-0.2, 0) is 6.42 Å². The molecule has 0 amide bonds. The van der Waals surface area contributed by atoms with Crippen LogP contribution in [0.3, 0.4) is 0 Å². The lowest BCUT2D eigenvalue weighted by atomic mass is 10.3. The molecule has 0 radical (unpaired) electrons. The van der Waals surface area contributed by atoms with Crippen molar-refractivity contribution in [2.75, 3.05) is 0 Å². The summed E-state index contributed by atoms with van der Waals surface area (Å²) < 4.78 is 1.92. The Morgan fingerprint density at radius 2 is 2.13 bits per heavy atom. The minimum Gasteiger partial charge on any atom is -0.476 e. The van der Waals surface area contributed by atoms with Crippen LogP contribution in [0.5, 0.6) is 0 Å². The lowest BCUT2D eigenvalue weighted by molar-refractivity contribution is 0.0690. The van der Waals surface area contributed by atoms with E-state index in [1.165, 1.54) is 4.88 Å². The first-order valence-corrected chi connectivity index (χ1v) is 5.58. The van der Waals surface area contributed by atoms with Crippen LogP contribution < -0.4 is 0 Å². The Labute approximate surface area is 91.2 Å². The van der Waals surface area contributed by atoms with Gasteiger partial charge in [-0.25, -0.2) is 9.78 Å². The number of carboxylic acid groups (broad SMARTS) is 1. The van der Waals surface area contributed by atoms with Crippen LogP contribution >= 0.6 is 11.3 Å². The number of imidazole rings is 1. The Morgan fingerprint density at radius 3 is 2.60 bits per heavy atom. The average Bonchev–Trinajstić information content (AvgIpc) is 2.65. The van der Waals surface area contributed by atoms with E-state index in [1.54, 1.807) is 18.3 Å². The van der Waals surface area contributed by atoms with Gasteiger partial charge in [-0.1, -0.05) is 6.92 Å². The molecule has 0 saturated carbocycles. The topological polar surface area (TPSA) is 54.6 Å². The van der Waals surface area contributed by atoms with Gasteiger partial charge < -0.3 is 5.11 Å². The van der Waals surface area contributed by atoms with Gasteiger partial charge in [-0.05, 0) is 20.3 Å². The highest BCUT2D eigenvalue weighted by Crippen LogP contribution is 2.25. The van der Waals surface area contributed by atoms with Crippen LogP contribution in [0.2, 0.25) is 0 Å². The zero-order valence-corrected chi connectivity index (χ0v) is 9.68. The molecule has 1 N–H and O–H groups in total. The van der Waals surface area contributed by atoms with E-state index in [9.17, 15) is 4.79 Å². The number of hydrogen-bond donors (Lipinski definition) is 1. The Morgan fingerprint density at radius 1 is 1.47 bits per heavy atom. The molecule has 0 aliphatic rings. The van der Waals surface area contributed by atoms with Crippen molar-refractivity contribution < 1.29 is 9.90 Å². The number of fused-ring (bicyclic) bond motifs is 1. The molecule has 4 nitrogen and oxygen atoms in total. The number of nitrogens with zero attached hydrogens (tertiary/aromatic N) is 2. The molecule has 0 aliphatic heterocycles. The van der Waals surface area contributed by atoms with Crippen molar-refractivity contribution in [2.45, 2.75) is 27.2 Å². The lowest BCUT2D eigenvalue weighted by Gasteiger charge is -1.97. The van der Waals surface area contributed by atoms with E-state index in [4.69, 9.17) is 5.11 Å². The van der Waals surface area contributed by atoms with E-state index < -0.39 is 5.97 Å². The molecule has 0 aromatic carbocycles. The summed E-state index contributed by atoms with van der Waals surface area (Å²) in [5, 5.41) is 8.93. The van der Waals surface area contributed by atoms with E-state index in [2.05, 4.69) is 11.9 Å². The predicted octanol–water partition coefficient (Wildman–Crippen LogP) is 2.27. The highest BCUT2D eigenvalue weighted by Gasteiger charge is 2.18. The SMILES string of the molecule is CCc1sc2nc(C(=O)O)c(C)n2c1C. The van der Waals surface area contributed by atoms with Gasteiger partial charge in [-0.3, -0.25) is 4.40 Å². The molecule has 0 bridgehead atoms. The molecular formula is C10H12N2O2S. The molecule has 2 aromatic rings. The number of rotatable bonds is 2. The summed E-state index contributed by atoms with van der Waals surface area (Å²) in [6.07, 6.45) is 0.960. The van der Waals surface area contributed by atoms with Crippen LogP contribution in [0.15, 0.2) is 0 Å². The van der Waals surface area contributed by atoms with Crippen molar-refractivity contribution in [3.05, 3.63) is 22.0 Å². The number of carbonyl (C=O) groups is 1. The molecule has 2 aromatic heterocycles. The Balaban J connectivity index is 2.76. The van der Waals surface area contributed by atoms with Crippen LogP contribution in [0.1, 0.15) is 33.7 Å². The molecule has 0 unspecified atom stereocenters. The largest absolute Gasteiger partial charge is 0.476 e. The second-order valence-electron chi connectivity index (χ2n) is 3.43. The maximum absolute atomic E-state index is 10.9. The Kier molecular flexibility index (Phi) is 2.26. The van der Waals surface area contributed by atoms with Crippen LogP contribution in [0, 0.1) is 13.8 Å². The van der Waals surface area contributed by atoms with Gasteiger partial charge >= 0.3 is 5.97 Å². The quantitative estimate of drug-likeness (QED) is 0.851. The third-order valence-corrected chi connectivity index (χ3v) is 3.84. The fourth-order valence-corrected chi connectivity index (χ4v) is 2.88. The fourth-order valence-electron chi connectivity index (χ4n) is 1.78.